The molecule has 0 saturated carbocycles. The summed E-state index contributed by atoms with van der Waals surface area (Å²) in [6, 6.07) is 20.7. The Labute approximate surface area is 156 Å². The molecule has 0 N–H and O–H groups in total. The fraction of sp³-hybridized carbons (Fsp3) is 0.190. The number of hydrogen-bond donors (Lipinski definition) is 0. The first-order valence-corrected chi connectivity index (χ1v) is 9.50. The Kier molecular flexibility index (Phi) is 3.68. The van der Waals surface area contributed by atoms with Gasteiger partial charge in [-0.15, -0.1) is 11.3 Å². The van der Waals surface area contributed by atoms with Gasteiger partial charge >= 0.3 is 0 Å². The van der Waals surface area contributed by atoms with Crippen molar-refractivity contribution in [1.29, 1.82) is 0 Å². The van der Waals surface area contributed by atoms with Gasteiger partial charge in [0.2, 0.25) is 6.23 Å². The number of thiophene rings is 1. The SMILES string of the molecule is COc1ccc([C@H]2Oc3ccccc3[C@H]3CC(c4cccs4)=NN32)cc1. The molecule has 0 aliphatic carbocycles. The minimum atomic E-state index is -0.238. The molecule has 2 atom stereocenters. The van der Waals surface area contributed by atoms with Gasteiger partial charge in [-0.05, 0) is 41.8 Å². The summed E-state index contributed by atoms with van der Waals surface area (Å²) in [7, 11) is 1.68. The van der Waals surface area contributed by atoms with E-state index in [1.54, 1.807) is 18.4 Å². The second-order valence-electron chi connectivity index (χ2n) is 6.41. The molecule has 2 aliphatic rings. The molecular weight excluding hydrogens is 344 g/mol. The molecular formula is C21H18N2O2S. The van der Waals surface area contributed by atoms with Crippen LogP contribution in [0.3, 0.4) is 0 Å². The molecule has 4 nitrogen and oxygen atoms in total. The van der Waals surface area contributed by atoms with Crippen LogP contribution in [-0.2, 0) is 0 Å². The van der Waals surface area contributed by atoms with Crippen LogP contribution < -0.4 is 9.47 Å². The van der Waals surface area contributed by atoms with Gasteiger partial charge in [0.25, 0.3) is 0 Å². The highest BCUT2D eigenvalue weighted by Crippen LogP contribution is 2.47. The molecule has 1 aromatic heterocycles. The van der Waals surface area contributed by atoms with Gasteiger partial charge in [-0.1, -0.05) is 24.3 Å². The number of benzene rings is 2. The topological polar surface area (TPSA) is 34.1 Å². The molecule has 0 spiro atoms. The number of rotatable bonds is 3. The molecule has 0 unspecified atom stereocenters. The highest BCUT2D eigenvalue weighted by atomic mass is 32.1. The Morgan fingerprint density at radius 2 is 1.92 bits per heavy atom. The van der Waals surface area contributed by atoms with E-state index in [9.17, 15) is 0 Å². The fourth-order valence-corrected chi connectivity index (χ4v) is 4.34. The zero-order chi connectivity index (χ0) is 17.5. The molecule has 130 valence electrons. The Morgan fingerprint density at radius 1 is 1.08 bits per heavy atom. The summed E-state index contributed by atoms with van der Waals surface area (Å²) < 4.78 is 11.6. The molecule has 3 aromatic rings. The first kappa shape index (κ1) is 15.5. The molecule has 0 amide bonds. The number of para-hydroxylation sites is 1. The van der Waals surface area contributed by atoms with Gasteiger partial charge in [0.15, 0.2) is 0 Å². The average Bonchev–Trinajstić information content (AvgIpc) is 3.37. The minimum absolute atomic E-state index is 0.198. The van der Waals surface area contributed by atoms with Gasteiger partial charge in [0.05, 0.1) is 23.7 Å². The van der Waals surface area contributed by atoms with E-state index in [-0.39, 0.29) is 12.3 Å². The van der Waals surface area contributed by atoms with Crippen molar-refractivity contribution in [2.75, 3.05) is 7.11 Å². The van der Waals surface area contributed by atoms with Crippen molar-refractivity contribution in [1.82, 2.24) is 5.01 Å². The van der Waals surface area contributed by atoms with Crippen molar-refractivity contribution in [3.63, 3.8) is 0 Å². The van der Waals surface area contributed by atoms with E-state index < -0.39 is 0 Å². The molecule has 0 saturated heterocycles. The molecule has 0 bridgehead atoms. The van der Waals surface area contributed by atoms with E-state index in [0.717, 1.165) is 29.2 Å². The summed E-state index contributed by atoms with van der Waals surface area (Å²) in [5, 5.41) is 9.16. The molecule has 5 rings (SSSR count). The largest absolute Gasteiger partial charge is 0.497 e. The lowest BCUT2D eigenvalue weighted by Crippen LogP contribution is -2.33. The third-order valence-corrected chi connectivity index (χ3v) is 5.82. The van der Waals surface area contributed by atoms with E-state index in [4.69, 9.17) is 14.6 Å². The maximum Gasteiger partial charge on any atom is 0.213 e. The number of hydrogen-bond acceptors (Lipinski definition) is 5. The molecule has 2 aromatic carbocycles. The van der Waals surface area contributed by atoms with Crippen molar-refractivity contribution in [3.05, 3.63) is 82.0 Å². The normalized spacial score (nSPS) is 20.8. The van der Waals surface area contributed by atoms with Gasteiger partial charge in [-0.3, -0.25) is 0 Å². The van der Waals surface area contributed by atoms with Gasteiger partial charge in [0.1, 0.15) is 11.5 Å². The third-order valence-electron chi connectivity index (χ3n) is 4.91. The van der Waals surface area contributed by atoms with Crippen LogP contribution in [0, 0.1) is 0 Å². The number of fused-ring (bicyclic) bond motifs is 3. The van der Waals surface area contributed by atoms with E-state index in [1.165, 1.54) is 10.4 Å². The van der Waals surface area contributed by atoms with E-state index >= 15 is 0 Å². The Balaban J connectivity index is 1.58. The predicted octanol–water partition coefficient (Wildman–Crippen LogP) is 5.00. The van der Waals surface area contributed by atoms with Crippen molar-refractivity contribution < 1.29 is 9.47 Å². The van der Waals surface area contributed by atoms with Crippen LogP contribution in [0.4, 0.5) is 0 Å². The van der Waals surface area contributed by atoms with Crippen LogP contribution in [0.5, 0.6) is 11.5 Å². The maximum absolute atomic E-state index is 6.35. The lowest BCUT2D eigenvalue weighted by molar-refractivity contribution is -0.0190. The van der Waals surface area contributed by atoms with Crippen molar-refractivity contribution >= 4 is 17.0 Å². The van der Waals surface area contributed by atoms with Gasteiger partial charge in [-0.2, -0.15) is 5.10 Å². The third kappa shape index (κ3) is 2.47. The van der Waals surface area contributed by atoms with Crippen LogP contribution in [0.1, 0.15) is 34.7 Å². The van der Waals surface area contributed by atoms with Gasteiger partial charge in [-0.25, -0.2) is 5.01 Å². The Morgan fingerprint density at radius 3 is 2.69 bits per heavy atom. The van der Waals surface area contributed by atoms with Crippen LogP contribution >= 0.6 is 11.3 Å². The predicted molar refractivity (Wildman–Crippen MR) is 103 cm³/mol. The zero-order valence-corrected chi connectivity index (χ0v) is 15.1. The van der Waals surface area contributed by atoms with Crippen LogP contribution in [-0.4, -0.2) is 17.8 Å². The molecule has 0 fully saturated rings. The summed E-state index contributed by atoms with van der Waals surface area (Å²) in [5.41, 5.74) is 3.40. The lowest BCUT2D eigenvalue weighted by Gasteiger charge is -2.38. The molecule has 2 aliphatic heterocycles. The zero-order valence-electron chi connectivity index (χ0n) is 14.3. The standard InChI is InChI=1S/C21H18N2O2S/c1-24-15-10-8-14(9-11-15)21-23-18(16-5-2-3-6-19(16)25-21)13-17(22-23)20-7-4-12-26-20/h2-12,18,21H,13H2,1H3/t18-,21-/m1/s1. The Bertz CT molecular complexity index is 950. The average molecular weight is 362 g/mol. The summed E-state index contributed by atoms with van der Waals surface area (Å²) >= 11 is 1.73. The van der Waals surface area contributed by atoms with Crippen LogP contribution in [0.25, 0.3) is 0 Å². The van der Waals surface area contributed by atoms with E-state index in [0.29, 0.717) is 0 Å². The highest BCUT2D eigenvalue weighted by molar-refractivity contribution is 7.12. The second kappa shape index (κ2) is 6.18. The van der Waals surface area contributed by atoms with E-state index in [1.807, 2.05) is 36.4 Å². The molecule has 0 radical (unpaired) electrons. The monoisotopic (exact) mass is 362 g/mol. The second-order valence-corrected chi connectivity index (χ2v) is 7.35. The lowest BCUT2D eigenvalue weighted by atomic mass is 9.98. The van der Waals surface area contributed by atoms with Crippen molar-refractivity contribution in [3.8, 4) is 11.5 Å². The summed E-state index contributed by atoms with van der Waals surface area (Å²) in [6.07, 6.45) is 0.659. The Hall–Kier alpha value is -2.79. The first-order chi connectivity index (χ1) is 12.8. The summed E-state index contributed by atoms with van der Waals surface area (Å²) in [5.74, 6) is 1.78. The minimum Gasteiger partial charge on any atom is -0.497 e. The van der Waals surface area contributed by atoms with Crippen molar-refractivity contribution in [2.45, 2.75) is 18.7 Å². The number of nitrogens with zero attached hydrogens (tertiary/aromatic N) is 2. The van der Waals surface area contributed by atoms with Gasteiger partial charge in [0, 0.05) is 17.5 Å². The van der Waals surface area contributed by atoms with Gasteiger partial charge < -0.3 is 9.47 Å². The van der Waals surface area contributed by atoms with E-state index in [2.05, 4.69) is 34.7 Å². The fourth-order valence-electron chi connectivity index (χ4n) is 3.61. The number of hydrazone groups is 1. The summed E-state index contributed by atoms with van der Waals surface area (Å²) in [4.78, 5) is 1.23. The number of ether oxygens (including phenoxy) is 2. The molecule has 5 heteroatoms. The highest BCUT2D eigenvalue weighted by Gasteiger charge is 2.40. The van der Waals surface area contributed by atoms with Crippen molar-refractivity contribution in [2.24, 2.45) is 5.10 Å². The smallest absolute Gasteiger partial charge is 0.213 e. The van der Waals surface area contributed by atoms with Crippen LogP contribution in [0.2, 0.25) is 0 Å². The quantitative estimate of drug-likeness (QED) is 0.658. The number of methoxy groups -OCH3 is 1. The molecule has 3 heterocycles. The molecule has 26 heavy (non-hydrogen) atoms. The van der Waals surface area contributed by atoms with Crippen LogP contribution in [0.15, 0.2) is 71.1 Å². The summed E-state index contributed by atoms with van der Waals surface area (Å²) in [6.45, 7) is 0. The maximum atomic E-state index is 6.35. The first-order valence-electron chi connectivity index (χ1n) is 8.63.